The molecule has 27 heavy (non-hydrogen) atoms. The maximum Gasteiger partial charge on any atom is 0.410 e. The van der Waals surface area contributed by atoms with Crippen LogP contribution in [0.25, 0.3) is 0 Å². The normalized spacial score (nSPS) is 20.4. The van der Waals surface area contributed by atoms with E-state index in [1.54, 1.807) is 29.2 Å². The number of sulfonamides is 1. The third-order valence-electron chi connectivity index (χ3n) is 4.58. The molecule has 0 spiro atoms. The van der Waals surface area contributed by atoms with E-state index in [0.29, 0.717) is 37.1 Å². The molecule has 0 N–H and O–H groups in total. The molecule has 2 rings (SSSR count). The SMILES string of the molecule is CC1CN(C(=O)OC(C)(C)C)CC1COc1ccc(N(C)S(C)(=O)=O)cc1. The minimum absolute atomic E-state index is 0.218. The van der Waals surface area contributed by atoms with Crippen molar-refractivity contribution in [3.05, 3.63) is 24.3 Å². The summed E-state index contributed by atoms with van der Waals surface area (Å²) in [6, 6.07) is 6.92. The quantitative estimate of drug-likeness (QED) is 0.762. The number of rotatable bonds is 5. The second kappa shape index (κ2) is 7.96. The summed E-state index contributed by atoms with van der Waals surface area (Å²) in [6.45, 7) is 9.41. The Morgan fingerprint density at radius 3 is 2.33 bits per heavy atom. The van der Waals surface area contributed by atoms with Crippen molar-refractivity contribution < 1.29 is 22.7 Å². The summed E-state index contributed by atoms with van der Waals surface area (Å²) in [4.78, 5) is 13.9. The fraction of sp³-hybridized carbons (Fsp3) is 0.632. The number of hydrogen-bond donors (Lipinski definition) is 0. The highest BCUT2D eigenvalue weighted by Crippen LogP contribution is 2.26. The fourth-order valence-corrected chi connectivity index (χ4v) is 3.38. The number of hydrogen-bond acceptors (Lipinski definition) is 5. The third-order valence-corrected chi connectivity index (χ3v) is 5.79. The molecule has 0 aromatic heterocycles. The van der Waals surface area contributed by atoms with E-state index in [9.17, 15) is 13.2 Å². The Bertz CT molecular complexity index is 755. The van der Waals surface area contributed by atoms with Gasteiger partial charge in [-0.25, -0.2) is 13.2 Å². The van der Waals surface area contributed by atoms with Crippen LogP contribution in [0.4, 0.5) is 10.5 Å². The number of likely N-dealkylation sites (tertiary alicyclic amines) is 1. The fourth-order valence-electron chi connectivity index (χ4n) is 2.87. The van der Waals surface area contributed by atoms with E-state index in [1.165, 1.54) is 11.4 Å². The molecule has 0 bridgehead atoms. The second-order valence-corrected chi connectivity index (χ2v) is 10.2. The maximum absolute atomic E-state index is 12.2. The molecule has 1 aromatic carbocycles. The van der Waals surface area contributed by atoms with E-state index in [1.807, 2.05) is 20.8 Å². The van der Waals surface area contributed by atoms with E-state index in [2.05, 4.69) is 6.92 Å². The lowest BCUT2D eigenvalue weighted by molar-refractivity contribution is 0.0282. The van der Waals surface area contributed by atoms with E-state index in [-0.39, 0.29) is 12.0 Å². The number of amides is 1. The Balaban J connectivity index is 1.90. The Morgan fingerprint density at radius 2 is 1.81 bits per heavy atom. The highest BCUT2D eigenvalue weighted by Gasteiger charge is 2.35. The largest absolute Gasteiger partial charge is 0.493 e. The van der Waals surface area contributed by atoms with Gasteiger partial charge in [-0.1, -0.05) is 6.92 Å². The van der Waals surface area contributed by atoms with Gasteiger partial charge in [0.05, 0.1) is 18.6 Å². The average Bonchev–Trinajstić information content (AvgIpc) is 2.91. The van der Waals surface area contributed by atoms with Gasteiger partial charge in [-0.3, -0.25) is 4.31 Å². The first-order chi connectivity index (χ1) is 12.4. The van der Waals surface area contributed by atoms with Gasteiger partial charge in [-0.15, -0.1) is 0 Å². The Morgan fingerprint density at radius 1 is 1.22 bits per heavy atom. The number of nitrogens with zero attached hydrogens (tertiary/aromatic N) is 2. The summed E-state index contributed by atoms with van der Waals surface area (Å²) in [5, 5.41) is 0. The molecule has 1 fully saturated rings. The lowest BCUT2D eigenvalue weighted by Gasteiger charge is -2.24. The molecule has 8 heteroatoms. The van der Waals surface area contributed by atoms with E-state index in [0.717, 1.165) is 6.26 Å². The van der Waals surface area contributed by atoms with Gasteiger partial charge in [0.1, 0.15) is 11.4 Å². The topological polar surface area (TPSA) is 76.2 Å². The molecule has 7 nitrogen and oxygen atoms in total. The Labute approximate surface area is 162 Å². The predicted molar refractivity (Wildman–Crippen MR) is 106 cm³/mol. The minimum atomic E-state index is -3.29. The summed E-state index contributed by atoms with van der Waals surface area (Å²) in [7, 11) is -1.78. The van der Waals surface area contributed by atoms with Crippen LogP contribution in [-0.2, 0) is 14.8 Å². The van der Waals surface area contributed by atoms with Crippen molar-refractivity contribution in [3.63, 3.8) is 0 Å². The van der Waals surface area contributed by atoms with Crippen LogP contribution in [0.2, 0.25) is 0 Å². The molecule has 152 valence electrons. The van der Waals surface area contributed by atoms with Crippen LogP contribution < -0.4 is 9.04 Å². The van der Waals surface area contributed by atoms with Crippen LogP contribution in [0.5, 0.6) is 5.75 Å². The monoisotopic (exact) mass is 398 g/mol. The van der Waals surface area contributed by atoms with Crippen LogP contribution >= 0.6 is 0 Å². The highest BCUT2D eigenvalue weighted by molar-refractivity contribution is 7.92. The van der Waals surface area contributed by atoms with Gasteiger partial charge >= 0.3 is 6.09 Å². The first kappa shape index (κ1) is 21.3. The van der Waals surface area contributed by atoms with Crippen molar-refractivity contribution in [2.75, 3.05) is 37.3 Å². The van der Waals surface area contributed by atoms with E-state index >= 15 is 0 Å². The molecule has 0 saturated carbocycles. The first-order valence-corrected chi connectivity index (χ1v) is 10.9. The third kappa shape index (κ3) is 6.02. The van der Waals surface area contributed by atoms with Crippen molar-refractivity contribution in [3.8, 4) is 5.75 Å². The highest BCUT2D eigenvalue weighted by atomic mass is 32.2. The lowest BCUT2D eigenvalue weighted by Crippen LogP contribution is -2.35. The molecule has 2 atom stereocenters. The predicted octanol–water partition coefficient (Wildman–Crippen LogP) is 2.96. The zero-order chi connectivity index (χ0) is 20.4. The van der Waals surface area contributed by atoms with E-state index < -0.39 is 15.6 Å². The van der Waals surface area contributed by atoms with Crippen molar-refractivity contribution in [2.24, 2.45) is 11.8 Å². The number of carbonyl (C=O) groups excluding carboxylic acids is 1. The summed E-state index contributed by atoms with van der Waals surface area (Å²) in [5.74, 6) is 1.20. The summed E-state index contributed by atoms with van der Waals surface area (Å²) < 4.78 is 35.7. The van der Waals surface area contributed by atoms with Crippen molar-refractivity contribution >= 4 is 21.8 Å². The summed E-state index contributed by atoms with van der Waals surface area (Å²) in [5.41, 5.74) is 0.0747. The molecule has 1 saturated heterocycles. The number of carbonyl (C=O) groups is 1. The molecule has 1 amide bonds. The second-order valence-electron chi connectivity index (χ2n) is 8.16. The van der Waals surface area contributed by atoms with Gasteiger partial charge in [-0.05, 0) is 51.0 Å². The van der Waals surface area contributed by atoms with Gasteiger partial charge in [0.2, 0.25) is 10.0 Å². The Kier molecular flexibility index (Phi) is 6.29. The van der Waals surface area contributed by atoms with Crippen molar-refractivity contribution in [1.82, 2.24) is 4.90 Å². The number of ether oxygens (including phenoxy) is 2. The molecular weight excluding hydrogens is 368 g/mol. The zero-order valence-electron chi connectivity index (χ0n) is 16.9. The summed E-state index contributed by atoms with van der Waals surface area (Å²) >= 11 is 0. The minimum Gasteiger partial charge on any atom is -0.493 e. The lowest BCUT2D eigenvalue weighted by atomic mass is 9.99. The zero-order valence-corrected chi connectivity index (χ0v) is 17.7. The molecular formula is C19H30N2O5S. The van der Waals surface area contributed by atoms with Crippen LogP contribution in [-0.4, -0.2) is 58.0 Å². The van der Waals surface area contributed by atoms with Gasteiger partial charge in [0.15, 0.2) is 0 Å². The average molecular weight is 399 g/mol. The van der Waals surface area contributed by atoms with Crippen LogP contribution in [0, 0.1) is 11.8 Å². The molecule has 1 aliphatic rings. The van der Waals surface area contributed by atoms with Crippen molar-refractivity contribution in [2.45, 2.75) is 33.3 Å². The van der Waals surface area contributed by atoms with Crippen LogP contribution in [0.1, 0.15) is 27.7 Å². The molecule has 2 unspecified atom stereocenters. The maximum atomic E-state index is 12.2. The molecule has 1 aliphatic heterocycles. The molecule has 0 aliphatic carbocycles. The molecule has 1 aromatic rings. The van der Waals surface area contributed by atoms with Crippen molar-refractivity contribution in [1.29, 1.82) is 0 Å². The van der Waals surface area contributed by atoms with Crippen LogP contribution in [0.3, 0.4) is 0 Å². The first-order valence-electron chi connectivity index (χ1n) is 9.01. The van der Waals surface area contributed by atoms with Gasteiger partial charge in [0, 0.05) is 26.1 Å². The van der Waals surface area contributed by atoms with Gasteiger partial charge in [-0.2, -0.15) is 0 Å². The number of benzene rings is 1. The van der Waals surface area contributed by atoms with Crippen LogP contribution in [0.15, 0.2) is 24.3 Å². The molecule has 0 radical (unpaired) electrons. The van der Waals surface area contributed by atoms with E-state index in [4.69, 9.17) is 9.47 Å². The number of anilines is 1. The van der Waals surface area contributed by atoms with Gasteiger partial charge < -0.3 is 14.4 Å². The standard InChI is InChI=1S/C19H30N2O5S/c1-14-11-21(18(22)26-19(2,3)4)12-15(14)13-25-17-9-7-16(8-10-17)20(5)27(6,23)24/h7-10,14-15H,11-13H2,1-6H3. The smallest absolute Gasteiger partial charge is 0.410 e. The molecule has 1 heterocycles. The van der Waals surface area contributed by atoms with Gasteiger partial charge in [0.25, 0.3) is 0 Å². The summed E-state index contributed by atoms with van der Waals surface area (Å²) in [6.07, 6.45) is 0.875. The Hall–Kier alpha value is -1.96.